The molecule has 0 aliphatic carbocycles. The predicted octanol–water partition coefficient (Wildman–Crippen LogP) is 2.21. The Kier molecular flexibility index (Phi) is 5.83. The van der Waals surface area contributed by atoms with Crippen molar-refractivity contribution < 1.29 is 9.90 Å². The van der Waals surface area contributed by atoms with E-state index in [1.807, 2.05) is 54.0 Å². The maximum Gasteiger partial charge on any atom is 0.258 e. The molecular formula is C26H28N4O3. The number of aliphatic hydroxyl groups excluding tert-OH is 1. The fourth-order valence-corrected chi connectivity index (χ4v) is 5.58. The van der Waals surface area contributed by atoms with E-state index in [-0.39, 0.29) is 36.1 Å². The number of carbonyl (C=O) groups is 1. The summed E-state index contributed by atoms with van der Waals surface area (Å²) in [6.45, 7) is 3.42. The zero-order valence-corrected chi connectivity index (χ0v) is 18.6. The molecule has 2 aliphatic heterocycles. The summed E-state index contributed by atoms with van der Waals surface area (Å²) in [7, 11) is 0. The van der Waals surface area contributed by atoms with Gasteiger partial charge < -0.3 is 15.0 Å². The van der Waals surface area contributed by atoms with Gasteiger partial charge in [0.25, 0.3) is 5.56 Å². The van der Waals surface area contributed by atoms with E-state index in [4.69, 9.17) is 0 Å². The van der Waals surface area contributed by atoms with E-state index in [9.17, 15) is 14.7 Å². The van der Waals surface area contributed by atoms with Gasteiger partial charge in [0.15, 0.2) is 0 Å². The normalized spacial score (nSPS) is 23.8. The monoisotopic (exact) mass is 444 g/mol. The lowest BCUT2D eigenvalue weighted by Gasteiger charge is -2.38. The highest BCUT2D eigenvalue weighted by molar-refractivity contribution is 5.80. The van der Waals surface area contributed by atoms with Gasteiger partial charge in [-0.1, -0.05) is 30.3 Å². The summed E-state index contributed by atoms with van der Waals surface area (Å²) in [4.78, 5) is 33.1. The zero-order chi connectivity index (χ0) is 22.9. The Balaban J connectivity index is 1.63. The summed E-state index contributed by atoms with van der Waals surface area (Å²) in [6.07, 6.45) is 3.36. The van der Waals surface area contributed by atoms with Crippen LogP contribution >= 0.6 is 0 Å². The summed E-state index contributed by atoms with van der Waals surface area (Å²) < 4.78 is 1.81. The minimum atomic E-state index is -0.427. The van der Waals surface area contributed by atoms with Crippen molar-refractivity contribution in [3.8, 4) is 11.1 Å². The van der Waals surface area contributed by atoms with Crippen molar-refractivity contribution in [3.05, 3.63) is 88.6 Å². The number of carbonyl (C=O) groups excluding carboxylic acids is 1. The van der Waals surface area contributed by atoms with Crippen LogP contribution in [0.25, 0.3) is 11.1 Å². The Labute approximate surface area is 192 Å². The van der Waals surface area contributed by atoms with Gasteiger partial charge in [-0.15, -0.1) is 0 Å². The van der Waals surface area contributed by atoms with Crippen molar-refractivity contribution in [2.45, 2.75) is 32.1 Å². The molecule has 7 nitrogen and oxygen atoms in total. The second kappa shape index (κ2) is 8.92. The SMILES string of the molecule is CCNC(=O)[C@H]1[C@H](CO)[C@H]2Cn3c(ccc(-c4ccncc4)c3=O)[C@@H]1N2Cc1ccccc1. The van der Waals surface area contributed by atoms with Gasteiger partial charge in [-0.25, -0.2) is 0 Å². The van der Waals surface area contributed by atoms with E-state index in [1.165, 1.54) is 0 Å². The van der Waals surface area contributed by atoms with Crippen LogP contribution in [0.3, 0.4) is 0 Å². The molecule has 5 rings (SSSR count). The van der Waals surface area contributed by atoms with Crippen LogP contribution in [0.4, 0.5) is 0 Å². The number of hydrogen-bond acceptors (Lipinski definition) is 5. The Hall–Kier alpha value is -3.29. The maximum atomic E-state index is 13.6. The van der Waals surface area contributed by atoms with Crippen LogP contribution in [-0.2, 0) is 17.9 Å². The highest BCUT2D eigenvalue weighted by Crippen LogP contribution is 2.49. The van der Waals surface area contributed by atoms with Gasteiger partial charge in [0.1, 0.15) is 0 Å². The van der Waals surface area contributed by atoms with Crippen molar-refractivity contribution in [2.24, 2.45) is 11.8 Å². The van der Waals surface area contributed by atoms with Gasteiger partial charge in [0.05, 0.1) is 12.0 Å². The minimum Gasteiger partial charge on any atom is -0.396 e. The van der Waals surface area contributed by atoms with Crippen molar-refractivity contribution in [3.63, 3.8) is 0 Å². The number of fused-ring (bicyclic) bond motifs is 4. The van der Waals surface area contributed by atoms with Crippen LogP contribution in [0, 0.1) is 11.8 Å². The van der Waals surface area contributed by atoms with Crippen LogP contribution in [0.15, 0.2) is 71.8 Å². The van der Waals surface area contributed by atoms with Crippen LogP contribution in [0.1, 0.15) is 24.2 Å². The number of amides is 1. The molecule has 1 amide bonds. The fraction of sp³-hybridized carbons (Fsp3) is 0.346. The second-order valence-corrected chi connectivity index (χ2v) is 8.76. The molecule has 3 aromatic rings. The first kappa shape index (κ1) is 21.6. The first-order chi connectivity index (χ1) is 16.1. The largest absolute Gasteiger partial charge is 0.396 e. The molecule has 2 aliphatic rings. The van der Waals surface area contributed by atoms with Gasteiger partial charge in [0, 0.05) is 61.9 Å². The lowest BCUT2D eigenvalue weighted by atomic mass is 9.86. The molecule has 7 heteroatoms. The van der Waals surface area contributed by atoms with Crippen molar-refractivity contribution in [2.75, 3.05) is 13.2 Å². The molecule has 2 N–H and O–H groups in total. The van der Waals surface area contributed by atoms with E-state index in [1.54, 1.807) is 12.4 Å². The first-order valence-electron chi connectivity index (χ1n) is 11.5. The molecular weight excluding hydrogens is 416 g/mol. The Morgan fingerprint density at radius 3 is 2.58 bits per heavy atom. The summed E-state index contributed by atoms with van der Waals surface area (Å²) in [5.41, 5.74) is 3.35. The zero-order valence-electron chi connectivity index (χ0n) is 18.6. The number of aliphatic hydroxyl groups is 1. The molecule has 1 saturated heterocycles. The Bertz CT molecular complexity index is 1200. The topological polar surface area (TPSA) is 87.5 Å². The van der Waals surface area contributed by atoms with Gasteiger partial charge in [0.2, 0.25) is 5.91 Å². The van der Waals surface area contributed by atoms with Gasteiger partial charge in [-0.3, -0.25) is 19.5 Å². The van der Waals surface area contributed by atoms with Gasteiger partial charge in [-0.05, 0) is 42.3 Å². The van der Waals surface area contributed by atoms with Gasteiger partial charge >= 0.3 is 0 Å². The van der Waals surface area contributed by atoms with Crippen LogP contribution in [-0.4, -0.2) is 44.7 Å². The highest BCUT2D eigenvalue weighted by atomic mass is 16.3. The standard InChI is InChI=1S/C26H28N4O3/c1-2-28-25(32)23-20(16-31)22-15-30-21(24(23)29(22)14-17-6-4-3-5-7-17)9-8-19(26(30)33)18-10-12-27-13-11-18/h3-13,20,22-24,31H,2,14-16H2,1H3,(H,28,32)/t20-,22-,23+,24+/m1/s1. The molecule has 0 unspecified atom stereocenters. The molecule has 2 bridgehead atoms. The van der Waals surface area contributed by atoms with Crippen LogP contribution in [0.5, 0.6) is 0 Å². The first-order valence-corrected chi connectivity index (χ1v) is 11.5. The maximum absolute atomic E-state index is 13.6. The highest BCUT2D eigenvalue weighted by Gasteiger charge is 2.55. The minimum absolute atomic E-state index is 0.0682. The molecule has 1 aromatic carbocycles. The van der Waals surface area contributed by atoms with E-state index in [2.05, 4.69) is 27.3 Å². The number of rotatable bonds is 6. The third-order valence-electron chi connectivity index (χ3n) is 7.02. The smallest absolute Gasteiger partial charge is 0.258 e. The van der Waals surface area contributed by atoms with E-state index < -0.39 is 5.92 Å². The third kappa shape index (κ3) is 3.67. The molecule has 4 heterocycles. The Morgan fingerprint density at radius 1 is 1.12 bits per heavy atom. The summed E-state index contributed by atoms with van der Waals surface area (Å²) in [6, 6.07) is 17.2. The quantitative estimate of drug-likeness (QED) is 0.609. The Morgan fingerprint density at radius 2 is 1.88 bits per heavy atom. The number of pyridine rings is 2. The molecule has 170 valence electrons. The van der Waals surface area contributed by atoms with Crippen molar-refractivity contribution in [1.29, 1.82) is 0 Å². The van der Waals surface area contributed by atoms with Gasteiger partial charge in [-0.2, -0.15) is 0 Å². The summed E-state index contributed by atoms with van der Waals surface area (Å²) in [5.74, 6) is -0.751. The molecule has 0 saturated carbocycles. The molecule has 33 heavy (non-hydrogen) atoms. The van der Waals surface area contributed by atoms with E-state index in [0.717, 1.165) is 16.8 Å². The average molecular weight is 445 g/mol. The second-order valence-electron chi connectivity index (χ2n) is 8.76. The van der Waals surface area contributed by atoms with Crippen LogP contribution in [0.2, 0.25) is 0 Å². The molecule has 2 aromatic heterocycles. The summed E-state index contributed by atoms with van der Waals surface area (Å²) >= 11 is 0. The third-order valence-corrected chi connectivity index (χ3v) is 7.02. The van der Waals surface area contributed by atoms with Crippen LogP contribution < -0.4 is 10.9 Å². The average Bonchev–Trinajstić information content (AvgIpc) is 3.05. The fourth-order valence-electron chi connectivity index (χ4n) is 5.58. The number of nitrogens with one attached hydrogen (secondary N) is 1. The van der Waals surface area contributed by atoms with E-state index >= 15 is 0 Å². The number of aromatic nitrogens is 2. The number of benzene rings is 1. The molecule has 1 fully saturated rings. The van der Waals surface area contributed by atoms with E-state index in [0.29, 0.717) is 25.2 Å². The molecule has 0 radical (unpaired) electrons. The van der Waals surface area contributed by atoms with Crippen molar-refractivity contribution in [1.82, 2.24) is 19.8 Å². The summed E-state index contributed by atoms with van der Waals surface area (Å²) in [5, 5.41) is 13.3. The predicted molar refractivity (Wildman–Crippen MR) is 125 cm³/mol. The molecule has 0 spiro atoms. The lowest BCUT2D eigenvalue weighted by molar-refractivity contribution is -0.127. The van der Waals surface area contributed by atoms with Crippen molar-refractivity contribution >= 4 is 5.91 Å². The lowest BCUT2D eigenvalue weighted by Crippen LogP contribution is -2.46. The number of hydrogen-bond donors (Lipinski definition) is 2. The number of nitrogens with zero attached hydrogens (tertiary/aromatic N) is 3. The molecule has 4 atom stereocenters.